The van der Waals surface area contributed by atoms with Crippen LogP contribution in [0.1, 0.15) is 11.3 Å². The number of aliphatic hydroxyl groups excluding tert-OH is 1. The van der Waals surface area contributed by atoms with Crippen LogP contribution in [0.2, 0.25) is 5.02 Å². The Morgan fingerprint density at radius 2 is 2.30 bits per heavy atom. The van der Waals surface area contributed by atoms with E-state index in [1.165, 1.54) is 13.2 Å². The first-order chi connectivity index (χ1) is 9.49. The molecule has 0 bridgehead atoms. The van der Waals surface area contributed by atoms with E-state index < -0.39 is 13.2 Å². The van der Waals surface area contributed by atoms with Crippen LogP contribution in [0.4, 0.5) is 8.78 Å². The van der Waals surface area contributed by atoms with Crippen molar-refractivity contribution >= 4 is 11.6 Å². The van der Waals surface area contributed by atoms with Gasteiger partial charge in [0, 0.05) is 7.05 Å². The summed E-state index contributed by atoms with van der Waals surface area (Å²) in [6.07, 6.45) is 1.21. The summed E-state index contributed by atoms with van der Waals surface area (Å²) >= 11 is 5.92. The van der Waals surface area contributed by atoms with Gasteiger partial charge in [0.25, 0.3) is 0 Å². The molecule has 0 unspecified atom stereocenters. The number of ether oxygens (including phenoxy) is 1. The summed E-state index contributed by atoms with van der Waals surface area (Å²) in [5, 5.41) is 25.7. The molecule has 0 amide bonds. The van der Waals surface area contributed by atoms with Crippen LogP contribution >= 0.6 is 11.6 Å². The fourth-order valence-electron chi connectivity index (χ4n) is 1.62. The van der Waals surface area contributed by atoms with E-state index in [0.29, 0.717) is 0 Å². The fraction of sp³-hybridized carbons (Fsp3) is 0.300. The van der Waals surface area contributed by atoms with Gasteiger partial charge in [0.2, 0.25) is 5.88 Å². The van der Waals surface area contributed by atoms with E-state index in [1.54, 1.807) is 0 Å². The molecular formula is C10H8ClF2N5O2. The summed E-state index contributed by atoms with van der Waals surface area (Å²) in [6.45, 7) is -3.54. The molecule has 0 aliphatic carbocycles. The number of nitriles is 1. The van der Waals surface area contributed by atoms with Crippen molar-refractivity contribution in [1.29, 1.82) is 5.26 Å². The van der Waals surface area contributed by atoms with E-state index in [4.69, 9.17) is 16.9 Å². The summed E-state index contributed by atoms with van der Waals surface area (Å²) in [5.41, 5.74) is 0.279. The van der Waals surface area contributed by atoms with Gasteiger partial charge in [-0.15, -0.1) is 5.10 Å². The topological polar surface area (TPSA) is 88.9 Å². The van der Waals surface area contributed by atoms with Gasteiger partial charge in [-0.25, -0.2) is 9.36 Å². The molecule has 0 aliphatic heterocycles. The minimum Gasteiger partial charge on any atom is -0.415 e. The number of hydrogen-bond acceptors (Lipinski definition) is 5. The van der Waals surface area contributed by atoms with Gasteiger partial charge in [-0.1, -0.05) is 11.6 Å². The van der Waals surface area contributed by atoms with Crippen LogP contribution in [-0.2, 0) is 13.7 Å². The zero-order valence-electron chi connectivity index (χ0n) is 10.1. The lowest BCUT2D eigenvalue weighted by atomic mass is 10.3. The zero-order chi connectivity index (χ0) is 14.9. The summed E-state index contributed by atoms with van der Waals surface area (Å²) in [6, 6.07) is 1.84. The van der Waals surface area contributed by atoms with Gasteiger partial charge in [0.1, 0.15) is 11.1 Å². The highest BCUT2D eigenvalue weighted by atomic mass is 35.5. The van der Waals surface area contributed by atoms with Crippen molar-refractivity contribution in [3.05, 3.63) is 22.5 Å². The zero-order valence-corrected chi connectivity index (χ0v) is 10.8. The van der Waals surface area contributed by atoms with Crippen LogP contribution in [0.5, 0.6) is 5.88 Å². The fourth-order valence-corrected chi connectivity index (χ4v) is 1.90. The van der Waals surface area contributed by atoms with Gasteiger partial charge in [0.15, 0.2) is 5.82 Å². The minimum atomic E-state index is -3.06. The van der Waals surface area contributed by atoms with E-state index in [0.717, 1.165) is 9.36 Å². The van der Waals surface area contributed by atoms with Crippen molar-refractivity contribution < 1.29 is 18.6 Å². The monoisotopic (exact) mass is 303 g/mol. The second kappa shape index (κ2) is 5.44. The number of rotatable bonds is 4. The molecule has 2 heterocycles. The molecule has 0 spiro atoms. The lowest BCUT2D eigenvalue weighted by Crippen LogP contribution is -2.06. The maximum Gasteiger partial charge on any atom is 0.388 e. The van der Waals surface area contributed by atoms with Crippen LogP contribution in [0, 0.1) is 11.3 Å². The number of aliphatic hydroxyl groups is 1. The average Bonchev–Trinajstić information content (AvgIpc) is 2.93. The lowest BCUT2D eigenvalue weighted by Gasteiger charge is -2.04. The first-order valence-corrected chi connectivity index (χ1v) is 5.63. The van der Waals surface area contributed by atoms with E-state index in [-0.39, 0.29) is 28.0 Å². The maximum absolute atomic E-state index is 12.3. The highest BCUT2D eigenvalue weighted by Crippen LogP contribution is 2.32. The Kier molecular flexibility index (Phi) is 3.87. The van der Waals surface area contributed by atoms with E-state index in [9.17, 15) is 13.9 Å². The second-order valence-corrected chi connectivity index (χ2v) is 4.01. The van der Waals surface area contributed by atoms with Crippen LogP contribution < -0.4 is 4.74 Å². The number of aryl methyl sites for hydroxylation is 1. The predicted octanol–water partition coefficient (Wildman–Crippen LogP) is 1.22. The molecule has 10 heteroatoms. The molecule has 0 aliphatic rings. The largest absolute Gasteiger partial charge is 0.415 e. The molecule has 20 heavy (non-hydrogen) atoms. The standard InChI is InChI=1S/C10H8ClF2N5O2/c1-17-9(20-10(12)13)7(11)8(16-17)18-6(4-19)5(2-14)3-15-18/h3,10,19H,4H2,1H3. The smallest absolute Gasteiger partial charge is 0.388 e. The van der Waals surface area contributed by atoms with Crippen LogP contribution in [-0.4, -0.2) is 31.3 Å². The Morgan fingerprint density at radius 1 is 1.60 bits per heavy atom. The summed E-state index contributed by atoms with van der Waals surface area (Å²) in [5.74, 6) is -0.357. The summed E-state index contributed by atoms with van der Waals surface area (Å²) in [4.78, 5) is 0. The van der Waals surface area contributed by atoms with Gasteiger partial charge in [-0.05, 0) is 0 Å². The van der Waals surface area contributed by atoms with Crippen LogP contribution in [0.3, 0.4) is 0 Å². The molecule has 2 rings (SSSR count). The molecule has 0 aromatic carbocycles. The molecule has 106 valence electrons. The summed E-state index contributed by atoms with van der Waals surface area (Å²) in [7, 11) is 1.36. The molecule has 0 saturated carbocycles. The molecule has 0 atom stereocenters. The third kappa shape index (κ3) is 2.31. The third-order valence-corrected chi connectivity index (χ3v) is 2.79. The quantitative estimate of drug-likeness (QED) is 0.917. The highest BCUT2D eigenvalue weighted by molar-refractivity contribution is 6.33. The van der Waals surface area contributed by atoms with Crippen molar-refractivity contribution in [2.45, 2.75) is 13.2 Å². The van der Waals surface area contributed by atoms with Crippen molar-refractivity contribution in [2.75, 3.05) is 0 Å². The Bertz CT molecular complexity index is 676. The van der Waals surface area contributed by atoms with E-state index >= 15 is 0 Å². The highest BCUT2D eigenvalue weighted by Gasteiger charge is 2.23. The SMILES string of the molecule is Cn1nc(-n2ncc(C#N)c2CO)c(Cl)c1OC(F)F. The Balaban J connectivity index is 2.55. The molecule has 0 saturated heterocycles. The van der Waals surface area contributed by atoms with E-state index in [2.05, 4.69) is 14.9 Å². The molecule has 2 aromatic rings. The Morgan fingerprint density at radius 3 is 2.85 bits per heavy atom. The first-order valence-electron chi connectivity index (χ1n) is 5.25. The maximum atomic E-state index is 12.3. The van der Waals surface area contributed by atoms with Crippen LogP contribution in [0.15, 0.2) is 6.20 Å². The number of hydrogen-bond donors (Lipinski definition) is 1. The lowest BCUT2D eigenvalue weighted by molar-refractivity contribution is -0.0552. The van der Waals surface area contributed by atoms with Gasteiger partial charge in [-0.2, -0.15) is 19.1 Å². The molecule has 7 nitrogen and oxygen atoms in total. The average molecular weight is 304 g/mol. The number of aromatic nitrogens is 4. The van der Waals surface area contributed by atoms with Crippen molar-refractivity contribution in [1.82, 2.24) is 19.6 Å². The predicted molar refractivity (Wildman–Crippen MR) is 62.6 cm³/mol. The van der Waals surface area contributed by atoms with Gasteiger partial charge >= 0.3 is 6.61 Å². The van der Waals surface area contributed by atoms with Gasteiger partial charge in [0.05, 0.1) is 24.1 Å². The molecule has 1 N–H and O–H groups in total. The van der Waals surface area contributed by atoms with Crippen molar-refractivity contribution in [3.8, 4) is 17.8 Å². The van der Waals surface area contributed by atoms with Crippen molar-refractivity contribution in [2.24, 2.45) is 7.05 Å². The van der Waals surface area contributed by atoms with E-state index in [1.807, 2.05) is 6.07 Å². The van der Waals surface area contributed by atoms with Crippen molar-refractivity contribution in [3.63, 3.8) is 0 Å². The van der Waals surface area contributed by atoms with Gasteiger partial charge in [-0.3, -0.25) is 0 Å². The third-order valence-electron chi connectivity index (χ3n) is 2.46. The minimum absolute atomic E-state index is 0.0182. The Hall–Kier alpha value is -2.18. The second-order valence-electron chi connectivity index (χ2n) is 3.63. The van der Waals surface area contributed by atoms with Gasteiger partial charge < -0.3 is 9.84 Å². The number of nitrogens with zero attached hydrogens (tertiary/aromatic N) is 5. The summed E-state index contributed by atoms with van der Waals surface area (Å²) < 4.78 is 30.9. The first kappa shape index (κ1) is 14.2. The molecule has 0 fully saturated rings. The Labute approximate surface area is 116 Å². The molecule has 2 aromatic heterocycles. The number of halogens is 3. The van der Waals surface area contributed by atoms with Crippen LogP contribution in [0.25, 0.3) is 5.82 Å². The molecule has 0 radical (unpaired) electrons. The normalized spacial score (nSPS) is 10.8. The molecular weight excluding hydrogens is 296 g/mol. The number of alkyl halides is 2.